The van der Waals surface area contributed by atoms with E-state index < -0.39 is 5.97 Å². The minimum absolute atomic E-state index is 0.358. The van der Waals surface area contributed by atoms with Crippen molar-refractivity contribution in [1.29, 1.82) is 0 Å². The zero-order chi connectivity index (χ0) is 18.7. The number of nitrogens with two attached hydrogens (primary N) is 1. The second kappa shape index (κ2) is 7.31. The maximum absolute atomic E-state index is 12.0. The molecule has 0 saturated heterocycles. The number of aryl methyl sites for hydroxylation is 1. The molecule has 26 heavy (non-hydrogen) atoms. The lowest BCUT2D eigenvalue weighted by atomic mass is 9.97. The number of methoxy groups -OCH3 is 1. The van der Waals surface area contributed by atoms with Gasteiger partial charge in [-0.05, 0) is 41.3 Å². The summed E-state index contributed by atoms with van der Waals surface area (Å²) in [6.07, 6.45) is 0. The number of nitrogen functional groups attached to an aromatic ring is 1. The molecule has 0 aliphatic heterocycles. The first-order valence-electron chi connectivity index (χ1n) is 8.40. The van der Waals surface area contributed by atoms with Gasteiger partial charge in [0.05, 0.1) is 24.0 Å². The molecule has 0 saturated carbocycles. The molecule has 0 atom stereocenters. The maximum Gasteiger partial charge on any atom is 0.340 e. The second-order valence-corrected chi connectivity index (χ2v) is 6.17. The van der Waals surface area contributed by atoms with Crippen molar-refractivity contribution >= 4 is 17.3 Å². The number of anilines is 2. The van der Waals surface area contributed by atoms with Gasteiger partial charge in [0.2, 0.25) is 0 Å². The Morgan fingerprint density at radius 1 is 0.923 bits per heavy atom. The van der Waals surface area contributed by atoms with E-state index in [1.165, 1.54) is 18.2 Å². The van der Waals surface area contributed by atoms with Crippen molar-refractivity contribution in [2.24, 2.45) is 0 Å². The number of hydrogen-bond donors (Lipinski definition) is 2. The molecule has 0 fully saturated rings. The van der Waals surface area contributed by atoms with Gasteiger partial charge in [0, 0.05) is 7.05 Å². The van der Waals surface area contributed by atoms with E-state index in [0.29, 0.717) is 16.9 Å². The molecule has 0 aliphatic carbocycles. The van der Waals surface area contributed by atoms with E-state index >= 15 is 0 Å². The molecule has 3 rings (SSSR count). The molecule has 3 N–H and O–H groups in total. The van der Waals surface area contributed by atoms with Crippen LogP contribution in [0.4, 0.5) is 11.4 Å². The molecule has 4 heteroatoms. The highest BCUT2D eigenvalue weighted by molar-refractivity contribution is 6.00. The van der Waals surface area contributed by atoms with E-state index in [-0.39, 0.29) is 0 Å². The van der Waals surface area contributed by atoms with Gasteiger partial charge in [-0.3, -0.25) is 0 Å². The maximum atomic E-state index is 12.0. The summed E-state index contributed by atoms with van der Waals surface area (Å²) in [4.78, 5) is 12.0. The average Bonchev–Trinajstić information content (AvgIpc) is 2.67. The molecule has 0 heterocycles. The van der Waals surface area contributed by atoms with Crippen LogP contribution in [-0.4, -0.2) is 20.1 Å². The van der Waals surface area contributed by atoms with E-state index in [4.69, 9.17) is 10.5 Å². The third-order valence-corrected chi connectivity index (χ3v) is 4.42. The zero-order valence-electron chi connectivity index (χ0n) is 15.2. The van der Waals surface area contributed by atoms with Crippen molar-refractivity contribution < 1.29 is 9.53 Å². The molecule has 0 aliphatic rings. The topological polar surface area (TPSA) is 64.3 Å². The Kier molecular flexibility index (Phi) is 4.94. The van der Waals surface area contributed by atoms with Crippen molar-refractivity contribution in [3.05, 3.63) is 71.8 Å². The Labute approximate surface area is 153 Å². The number of hydrogen-bond acceptors (Lipinski definition) is 4. The summed E-state index contributed by atoms with van der Waals surface area (Å²) >= 11 is 0. The number of rotatable bonds is 4. The second-order valence-electron chi connectivity index (χ2n) is 6.17. The van der Waals surface area contributed by atoms with Crippen molar-refractivity contribution in [3.63, 3.8) is 0 Å². The Morgan fingerprint density at radius 2 is 1.58 bits per heavy atom. The molecular weight excluding hydrogens is 324 g/mol. The van der Waals surface area contributed by atoms with Crippen molar-refractivity contribution in [1.82, 2.24) is 0 Å². The van der Waals surface area contributed by atoms with Crippen LogP contribution in [0.2, 0.25) is 0 Å². The summed E-state index contributed by atoms with van der Waals surface area (Å²) in [5.74, 6) is -0.447. The van der Waals surface area contributed by atoms with Gasteiger partial charge in [-0.25, -0.2) is 4.79 Å². The fourth-order valence-electron chi connectivity index (χ4n) is 2.99. The number of carbonyl (C=O) groups excluding carboxylic acids is 1. The summed E-state index contributed by atoms with van der Waals surface area (Å²) in [7, 11) is 3.13. The van der Waals surface area contributed by atoms with E-state index in [1.807, 2.05) is 18.2 Å². The van der Waals surface area contributed by atoms with Crippen molar-refractivity contribution in [3.8, 4) is 22.3 Å². The van der Waals surface area contributed by atoms with Gasteiger partial charge in [-0.1, -0.05) is 54.1 Å². The normalized spacial score (nSPS) is 10.4. The highest BCUT2D eigenvalue weighted by Crippen LogP contribution is 2.32. The first-order chi connectivity index (χ1) is 12.5. The molecule has 0 amide bonds. The summed E-state index contributed by atoms with van der Waals surface area (Å²) in [5.41, 5.74) is 13.0. The minimum Gasteiger partial charge on any atom is -0.465 e. The SMILES string of the molecule is CNc1cc(-c2ccc(-c3cccc(C)c3)cc2)cc(C(=O)OC)c1N. The lowest BCUT2D eigenvalue weighted by Gasteiger charge is -2.13. The average molecular weight is 346 g/mol. The van der Waals surface area contributed by atoms with Crippen LogP contribution in [-0.2, 0) is 4.74 Å². The smallest absolute Gasteiger partial charge is 0.340 e. The number of nitrogens with one attached hydrogen (secondary N) is 1. The number of benzene rings is 3. The van der Waals surface area contributed by atoms with Gasteiger partial charge >= 0.3 is 5.97 Å². The van der Waals surface area contributed by atoms with Gasteiger partial charge in [0.25, 0.3) is 0 Å². The van der Waals surface area contributed by atoms with Crippen LogP contribution in [0, 0.1) is 6.92 Å². The number of esters is 1. The van der Waals surface area contributed by atoms with Crippen LogP contribution in [0.3, 0.4) is 0 Å². The summed E-state index contributed by atoms with van der Waals surface area (Å²) in [5, 5.41) is 3.04. The quantitative estimate of drug-likeness (QED) is 0.529. The number of carbonyl (C=O) groups is 1. The lowest BCUT2D eigenvalue weighted by Crippen LogP contribution is -2.08. The summed E-state index contributed by atoms with van der Waals surface area (Å²) in [6.45, 7) is 2.08. The fraction of sp³-hybridized carbons (Fsp3) is 0.136. The third kappa shape index (κ3) is 3.40. The molecule has 0 spiro atoms. The minimum atomic E-state index is -0.447. The van der Waals surface area contributed by atoms with Gasteiger partial charge in [0.1, 0.15) is 0 Å². The molecule has 4 nitrogen and oxygen atoms in total. The van der Waals surface area contributed by atoms with Crippen LogP contribution in [0.15, 0.2) is 60.7 Å². The Balaban J connectivity index is 2.02. The van der Waals surface area contributed by atoms with E-state index in [2.05, 4.69) is 48.6 Å². The highest BCUT2D eigenvalue weighted by atomic mass is 16.5. The van der Waals surface area contributed by atoms with Gasteiger partial charge in [-0.2, -0.15) is 0 Å². The fourth-order valence-corrected chi connectivity index (χ4v) is 2.99. The Bertz CT molecular complexity index is 947. The standard InChI is InChI=1S/C22H22N2O2/c1-14-5-4-6-17(11-14)15-7-9-16(10-8-15)18-12-19(22(25)26-3)21(23)20(13-18)24-2/h4-13,24H,23H2,1-3H3. The number of ether oxygens (including phenoxy) is 1. The summed E-state index contributed by atoms with van der Waals surface area (Å²) in [6, 6.07) is 20.3. The molecular formula is C22H22N2O2. The molecule has 3 aromatic rings. The molecule has 3 aromatic carbocycles. The Hall–Kier alpha value is -3.27. The van der Waals surface area contributed by atoms with Crippen LogP contribution in [0.1, 0.15) is 15.9 Å². The molecule has 132 valence electrons. The van der Waals surface area contributed by atoms with Crippen molar-refractivity contribution in [2.45, 2.75) is 6.92 Å². The summed E-state index contributed by atoms with van der Waals surface area (Å²) < 4.78 is 4.85. The van der Waals surface area contributed by atoms with Crippen molar-refractivity contribution in [2.75, 3.05) is 25.2 Å². The van der Waals surface area contributed by atoms with Crippen LogP contribution < -0.4 is 11.1 Å². The monoisotopic (exact) mass is 346 g/mol. The highest BCUT2D eigenvalue weighted by Gasteiger charge is 2.15. The largest absolute Gasteiger partial charge is 0.465 e. The first kappa shape index (κ1) is 17.5. The first-order valence-corrected chi connectivity index (χ1v) is 8.40. The predicted octanol–water partition coefficient (Wildman–Crippen LogP) is 4.74. The molecule has 0 aromatic heterocycles. The zero-order valence-corrected chi connectivity index (χ0v) is 15.2. The van der Waals surface area contributed by atoms with E-state index in [0.717, 1.165) is 16.7 Å². The predicted molar refractivity (Wildman–Crippen MR) is 107 cm³/mol. The Morgan fingerprint density at radius 3 is 2.15 bits per heavy atom. The van der Waals surface area contributed by atoms with Gasteiger partial charge in [-0.15, -0.1) is 0 Å². The van der Waals surface area contributed by atoms with Gasteiger partial charge < -0.3 is 15.8 Å². The van der Waals surface area contributed by atoms with Crippen LogP contribution in [0.25, 0.3) is 22.3 Å². The van der Waals surface area contributed by atoms with Gasteiger partial charge in [0.15, 0.2) is 0 Å². The lowest BCUT2D eigenvalue weighted by molar-refractivity contribution is 0.0602. The van der Waals surface area contributed by atoms with Crippen LogP contribution in [0.5, 0.6) is 0 Å². The molecule has 0 unspecified atom stereocenters. The third-order valence-electron chi connectivity index (χ3n) is 4.42. The van der Waals surface area contributed by atoms with Crippen LogP contribution >= 0.6 is 0 Å². The van der Waals surface area contributed by atoms with E-state index in [1.54, 1.807) is 13.1 Å². The molecule has 0 radical (unpaired) electrons. The molecule has 0 bridgehead atoms. The van der Waals surface area contributed by atoms with E-state index in [9.17, 15) is 4.79 Å².